The Morgan fingerprint density at radius 2 is 2.06 bits per heavy atom. The van der Waals surface area contributed by atoms with Crippen LogP contribution < -0.4 is 0 Å². The summed E-state index contributed by atoms with van der Waals surface area (Å²) in [5.74, 6) is 1.75. The van der Waals surface area contributed by atoms with Gasteiger partial charge in [0.2, 0.25) is 0 Å². The molecule has 0 bridgehead atoms. The lowest BCUT2D eigenvalue weighted by Crippen LogP contribution is -2.29. The molecule has 0 spiro atoms. The van der Waals surface area contributed by atoms with E-state index in [2.05, 4.69) is 25.6 Å². The number of carbonyl (C=O) groups excluding carboxylic acids is 1. The predicted octanol–water partition coefficient (Wildman–Crippen LogP) is 2.67. The summed E-state index contributed by atoms with van der Waals surface area (Å²) in [4.78, 5) is 11.7. The second-order valence-electron chi connectivity index (χ2n) is 5.93. The van der Waals surface area contributed by atoms with Crippen molar-refractivity contribution in [1.82, 2.24) is 0 Å². The Balaban J connectivity index is 3.91. The third-order valence-electron chi connectivity index (χ3n) is 2.87. The monoisotopic (exact) mass is 270 g/mol. The Hall–Kier alpha value is -0.793. The zero-order valence-electron chi connectivity index (χ0n) is 12.0. The normalized spacial score (nSPS) is 14.7. The van der Waals surface area contributed by atoms with Crippen LogP contribution in [0.25, 0.3) is 0 Å². The lowest BCUT2D eigenvalue weighted by atomic mass is 10.00. The Labute approximate surface area is 112 Å². The van der Waals surface area contributed by atoms with Gasteiger partial charge < -0.3 is 9.84 Å². The second kappa shape index (κ2) is 8.33. The van der Waals surface area contributed by atoms with E-state index in [4.69, 9.17) is 11.2 Å². The molecule has 0 fully saturated rings. The number of unbranched alkanes of at least 4 members (excludes halogenated alkanes) is 1. The van der Waals surface area contributed by atoms with Crippen molar-refractivity contribution in [3.8, 4) is 12.3 Å². The zero-order valence-corrected chi connectivity index (χ0v) is 13.0. The van der Waals surface area contributed by atoms with E-state index in [0.29, 0.717) is 19.4 Å². The summed E-state index contributed by atoms with van der Waals surface area (Å²) in [5.41, 5.74) is 0. The van der Waals surface area contributed by atoms with E-state index >= 15 is 0 Å². The van der Waals surface area contributed by atoms with Gasteiger partial charge in [-0.25, -0.2) is 0 Å². The van der Waals surface area contributed by atoms with Crippen LogP contribution in [-0.4, -0.2) is 31.9 Å². The van der Waals surface area contributed by atoms with E-state index in [1.807, 2.05) is 0 Å². The van der Waals surface area contributed by atoms with Crippen molar-refractivity contribution in [2.75, 3.05) is 6.61 Å². The molecule has 0 saturated heterocycles. The van der Waals surface area contributed by atoms with Gasteiger partial charge in [-0.1, -0.05) is 19.6 Å². The first-order valence-electron chi connectivity index (χ1n) is 6.56. The standard InChI is InChI=1S/C14H26O3Si/c1-6-7-8-9-13(15)12(2)14(16)17-10-11-18(3,4)5/h1,12-13,15H,7-11H2,2-5H3/t12-,13+/m0/s1. The van der Waals surface area contributed by atoms with E-state index in [9.17, 15) is 9.90 Å². The number of aliphatic hydroxyl groups is 1. The number of esters is 1. The molecule has 1 N–H and O–H groups in total. The smallest absolute Gasteiger partial charge is 0.311 e. The summed E-state index contributed by atoms with van der Waals surface area (Å²) in [7, 11) is -1.17. The largest absolute Gasteiger partial charge is 0.466 e. The summed E-state index contributed by atoms with van der Waals surface area (Å²) >= 11 is 0. The van der Waals surface area contributed by atoms with Crippen molar-refractivity contribution < 1.29 is 14.6 Å². The number of hydrogen-bond acceptors (Lipinski definition) is 3. The van der Waals surface area contributed by atoms with Crippen molar-refractivity contribution in [3.63, 3.8) is 0 Å². The minimum Gasteiger partial charge on any atom is -0.466 e. The summed E-state index contributed by atoms with van der Waals surface area (Å²) in [6, 6.07) is 0.957. The van der Waals surface area contributed by atoms with Gasteiger partial charge in [-0.3, -0.25) is 4.79 Å². The minimum absolute atomic E-state index is 0.304. The molecule has 0 aromatic carbocycles. The lowest BCUT2D eigenvalue weighted by molar-refractivity contribution is -0.151. The lowest BCUT2D eigenvalue weighted by Gasteiger charge is -2.19. The maximum absolute atomic E-state index is 11.7. The van der Waals surface area contributed by atoms with Gasteiger partial charge in [0.05, 0.1) is 18.6 Å². The van der Waals surface area contributed by atoms with Crippen LogP contribution in [0.2, 0.25) is 25.7 Å². The van der Waals surface area contributed by atoms with E-state index < -0.39 is 20.1 Å². The fraction of sp³-hybridized carbons (Fsp3) is 0.786. The Bertz CT molecular complexity index is 288. The average molecular weight is 270 g/mol. The van der Waals surface area contributed by atoms with Gasteiger partial charge in [0.15, 0.2) is 0 Å². The first kappa shape index (κ1) is 17.2. The molecule has 0 aliphatic rings. The van der Waals surface area contributed by atoms with Crippen LogP contribution in [0.4, 0.5) is 0 Å². The molecule has 0 rings (SSSR count). The van der Waals surface area contributed by atoms with Gasteiger partial charge in [0.1, 0.15) is 0 Å². The summed E-state index contributed by atoms with van der Waals surface area (Å²) in [6.45, 7) is 8.88. The van der Waals surface area contributed by atoms with Crippen molar-refractivity contribution in [2.24, 2.45) is 5.92 Å². The molecule has 18 heavy (non-hydrogen) atoms. The highest BCUT2D eigenvalue weighted by molar-refractivity contribution is 6.76. The van der Waals surface area contributed by atoms with E-state index in [0.717, 1.165) is 12.5 Å². The molecule has 2 atom stereocenters. The molecule has 0 aliphatic carbocycles. The highest BCUT2D eigenvalue weighted by Gasteiger charge is 2.23. The van der Waals surface area contributed by atoms with Crippen LogP contribution in [0.5, 0.6) is 0 Å². The van der Waals surface area contributed by atoms with Crippen LogP contribution in [0.3, 0.4) is 0 Å². The molecule has 0 unspecified atom stereocenters. The first-order chi connectivity index (χ1) is 8.28. The Kier molecular flexibility index (Phi) is 7.97. The molecule has 0 aromatic heterocycles. The summed E-state index contributed by atoms with van der Waals surface area (Å²) < 4.78 is 5.20. The molecular weight excluding hydrogens is 244 g/mol. The zero-order chi connectivity index (χ0) is 14.2. The topological polar surface area (TPSA) is 46.5 Å². The number of hydrogen-bond donors (Lipinski definition) is 1. The Morgan fingerprint density at radius 1 is 1.44 bits per heavy atom. The number of aliphatic hydroxyl groups excluding tert-OH is 1. The second-order valence-corrected chi connectivity index (χ2v) is 11.6. The molecule has 0 heterocycles. The van der Waals surface area contributed by atoms with Crippen molar-refractivity contribution in [2.45, 2.75) is 58.0 Å². The van der Waals surface area contributed by atoms with Crippen LogP contribution in [0.15, 0.2) is 0 Å². The van der Waals surface area contributed by atoms with Crippen LogP contribution in [0, 0.1) is 18.3 Å². The molecule has 0 aromatic rings. The highest BCUT2D eigenvalue weighted by atomic mass is 28.3. The fourth-order valence-corrected chi connectivity index (χ4v) is 2.12. The SMILES string of the molecule is C#CCCC[C@@H](O)[C@H](C)C(=O)OCC[Si](C)(C)C. The fourth-order valence-electron chi connectivity index (χ4n) is 1.41. The van der Waals surface area contributed by atoms with Gasteiger partial charge in [-0.15, -0.1) is 12.3 Å². The highest BCUT2D eigenvalue weighted by Crippen LogP contribution is 2.14. The quantitative estimate of drug-likeness (QED) is 0.319. The summed E-state index contributed by atoms with van der Waals surface area (Å²) in [6.07, 6.45) is 6.41. The van der Waals surface area contributed by atoms with Gasteiger partial charge in [-0.05, 0) is 25.8 Å². The molecule has 104 valence electrons. The molecule has 3 nitrogen and oxygen atoms in total. The van der Waals surface area contributed by atoms with Crippen molar-refractivity contribution >= 4 is 14.0 Å². The maximum Gasteiger partial charge on any atom is 0.311 e. The third-order valence-corrected chi connectivity index (χ3v) is 4.57. The van der Waals surface area contributed by atoms with Crippen molar-refractivity contribution in [3.05, 3.63) is 0 Å². The number of rotatable bonds is 8. The van der Waals surface area contributed by atoms with Crippen LogP contribution >= 0.6 is 0 Å². The van der Waals surface area contributed by atoms with Gasteiger partial charge >= 0.3 is 5.97 Å². The Morgan fingerprint density at radius 3 is 2.56 bits per heavy atom. The van der Waals surface area contributed by atoms with Gasteiger partial charge in [0, 0.05) is 14.5 Å². The van der Waals surface area contributed by atoms with Crippen LogP contribution in [-0.2, 0) is 9.53 Å². The van der Waals surface area contributed by atoms with E-state index in [1.165, 1.54) is 0 Å². The summed E-state index contributed by atoms with van der Waals surface area (Å²) in [5, 5.41) is 9.81. The number of ether oxygens (including phenoxy) is 1. The molecule has 0 aliphatic heterocycles. The number of terminal acetylenes is 1. The van der Waals surface area contributed by atoms with Crippen molar-refractivity contribution in [1.29, 1.82) is 0 Å². The van der Waals surface area contributed by atoms with Gasteiger partial charge in [0.25, 0.3) is 0 Å². The minimum atomic E-state index is -1.17. The van der Waals surface area contributed by atoms with Gasteiger partial charge in [-0.2, -0.15) is 0 Å². The van der Waals surface area contributed by atoms with E-state index in [1.54, 1.807) is 6.92 Å². The molecule has 0 radical (unpaired) electrons. The third kappa shape index (κ3) is 8.32. The first-order valence-corrected chi connectivity index (χ1v) is 10.3. The molecular formula is C14H26O3Si. The average Bonchev–Trinajstić information content (AvgIpc) is 2.26. The van der Waals surface area contributed by atoms with Crippen LogP contribution in [0.1, 0.15) is 26.2 Å². The van der Waals surface area contributed by atoms with E-state index in [-0.39, 0.29) is 5.97 Å². The molecule has 4 heteroatoms. The molecule has 0 amide bonds. The predicted molar refractivity (Wildman–Crippen MR) is 77.0 cm³/mol. The maximum atomic E-state index is 11.7. The molecule has 0 saturated carbocycles. The number of carbonyl (C=O) groups is 1.